The van der Waals surface area contributed by atoms with Crippen molar-refractivity contribution in [3.8, 4) is 0 Å². The Morgan fingerprint density at radius 1 is 1.27 bits per heavy atom. The van der Waals surface area contributed by atoms with Crippen LogP contribution in [-0.4, -0.2) is 53.4 Å². The van der Waals surface area contributed by atoms with Crippen LogP contribution in [-0.2, 0) is 11.2 Å². The van der Waals surface area contributed by atoms with Gasteiger partial charge in [-0.25, -0.2) is 4.98 Å². The number of aromatic nitrogens is 1. The Kier molecular flexibility index (Phi) is 5.14. The van der Waals surface area contributed by atoms with Gasteiger partial charge in [0.05, 0.1) is 17.1 Å². The SMILES string of the molecule is Cc1nc(CC(=O)N2CCC(C3CCCCN3C)CC2)cs1. The third-order valence-electron chi connectivity index (χ3n) is 5.26. The van der Waals surface area contributed by atoms with E-state index in [2.05, 4.69) is 16.9 Å². The molecule has 0 spiro atoms. The molecule has 2 saturated heterocycles. The topological polar surface area (TPSA) is 36.4 Å². The summed E-state index contributed by atoms with van der Waals surface area (Å²) in [5, 5.41) is 3.05. The average molecular weight is 321 g/mol. The Balaban J connectivity index is 1.49. The summed E-state index contributed by atoms with van der Waals surface area (Å²) in [4.78, 5) is 21.4. The van der Waals surface area contributed by atoms with Gasteiger partial charge in [0, 0.05) is 24.5 Å². The van der Waals surface area contributed by atoms with Gasteiger partial charge < -0.3 is 9.80 Å². The van der Waals surface area contributed by atoms with E-state index >= 15 is 0 Å². The number of aryl methyl sites for hydroxylation is 1. The molecule has 3 heterocycles. The summed E-state index contributed by atoms with van der Waals surface area (Å²) >= 11 is 1.63. The quantitative estimate of drug-likeness (QED) is 0.859. The van der Waals surface area contributed by atoms with E-state index in [-0.39, 0.29) is 5.91 Å². The Morgan fingerprint density at radius 3 is 2.68 bits per heavy atom. The fourth-order valence-electron chi connectivity index (χ4n) is 3.99. The minimum atomic E-state index is 0.251. The maximum Gasteiger partial charge on any atom is 0.228 e. The number of rotatable bonds is 3. The van der Waals surface area contributed by atoms with Gasteiger partial charge in [-0.15, -0.1) is 11.3 Å². The molecule has 4 nitrogen and oxygen atoms in total. The van der Waals surface area contributed by atoms with Crippen molar-refractivity contribution in [3.63, 3.8) is 0 Å². The minimum Gasteiger partial charge on any atom is -0.342 e. The summed E-state index contributed by atoms with van der Waals surface area (Å²) in [7, 11) is 2.27. The second-order valence-electron chi connectivity index (χ2n) is 6.80. The van der Waals surface area contributed by atoms with Crippen LogP contribution in [0.1, 0.15) is 42.8 Å². The maximum atomic E-state index is 12.4. The Bertz CT molecular complexity index is 508. The molecule has 3 rings (SSSR count). The summed E-state index contributed by atoms with van der Waals surface area (Å²) in [6.07, 6.45) is 6.86. The number of carbonyl (C=O) groups excluding carboxylic acids is 1. The number of thiazole rings is 1. The number of hydrogen-bond donors (Lipinski definition) is 0. The largest absolute Gasteiger partial charge is 0.342 e. The van der Waals surface area contributed by atoms with Crippen LogP contribution in [0.2, 0.25) is 0 Å². The van der Waals surface area contributed by atoms with Crippen molar-refractivity contribution in [2.45, 2.75) is 51.5 Å². The lowest BCUT2D eigenvalue weighted by molar-refractivity contribution is -0.132. The molecule has 22 heavy (non-hydrogen) atoms. The summed E-state index contributed by atoms with van der Waals surface area (Å²) < 4.78 is 0. The molecular weight excluding hydrogens is 294 g/mol. The van der Waals surface area contributed by atoms with E-state index < -0.39 is 0 Å². The number of likely N-dealkylation sites (tertiary alicyclic amines) is 2. The predicted octanol–water partition coefficient (Wildman–Crippen LogP) is 2.72. The van der Waals surface area contributed by atoms with E-state index in [9.17, 15) is 4.79 Å². The Hall–Kier alpha value is -0.940. The van der Waals surface area contributed by atoms with Gasteiger partial charge in [0.1, 0.15) is 0 Å². The molecule has 0 bridgehead atoms. The van der Waals surface area contributed by atoms with E-state index in [4.69, 9.17) is 0 Å². The van der Waals surface area contributed by atoms with Gasteiger partial charge in [-0.1, -0.05) is 6.42 Å². The summed E-state index contributed by atoms with van der Waals surface area (Å²) in [6, 6.07) is 0.743. The molecule has 2 aliphatic heterocycles. The number of carbonyl (C=O) groups is 1. The monoisotopic (exact) mass is 321 g/mol. The highest BCUT2D eigenvalue weighted by Gasteiger charge is 2.31. The molecule has 1 amide bonds. The highest BCUT2D eigenvalue weighted by atomic mass is 32.1. The van der Waals surface area contributed by atoms with E-state index in [1.54, 1.807) is 11.3 Å². The van der Waals surface area contributed by atoms with Crippen LogP contribution in [0.3, 0.4) is 0 Å². The lowest BCUT2D eigenvalue weighted by Gasteiger charge is -2.42. The van der Waals surface area contributed by atoms with E-state index in [0.717, 1.165) is 48.6 Å². The molecule has 2 aliphatic rings. The second-order valence-corrected chi connectivity index (χ2v) is 7.86. The van der Waals surface area contributed by atoms with Gasteiger partial charge in [0.2, 0.25) is 5.91 Å². The predicted molar refractivity (Wildman–Crippen MR) is 90.1 cm³/mol. The lowest BCUT2D eigenvalue weighted by Crippen LogP contribution is -2.47. The summed E-state index contributed by atoms with van der Waals surface area (Å²) in [5.74, 6) is 1.02. The summed E-state index contributed by atoms with van der Waals surface area (Å²) in [6.45, 7) is 5.09. The van der Waals surface area contributed by atoms with Gasteiger partial charge in [-0.2, -0.15) is 0 Å². The lowest BCUT2D eigenvalue weighted by atomic mass is 9.84. The number of piperidine rings is 2. The maximum absolute atomic E-state index is 12.4. The highest BCUT2D eigenvalue weighted by molar-refractivity contribution is 7.09. The van der Waals surface area contributed by atoms with Crippen LogP contribution in [0.5, 0.6) is 0 Å². The van der Waals surface area contributed by atoms with Crippen LogP contribution in [0.15, 0.2) is 5.38 Å². The fourth-order valence-corrected chi connectivity index (χ4v) is 4.60. The van der Waals surface area contributed by atoms with Gasteiger partial charge in [0.25, 0.3) is 0 Å². The van der Waals surface area contributed by atoms with Crippen molar-refractivity contribution < 1.29 is 4.79 Å². The van der Waals surface area contributed by atoms with E-state index in [0.29, 0.717) is 6.42 Å². The zero-order chi connectivity index (χ0) is 15.5. The molecular formula is C17H27N3OS. The number of amides is 1. The molecule has 0 saturated carbocycles. The molecule has 1 aromatic rings. The van der Waals surface area contributed by atoms with Crippen LogP contribution >= 0.6 is 11.3 Å². The molecule has 0 aliphatic carbocycles. The Morgan fingerprint density at radius 2 is 2.05 bits per heavy atom. The van der Waals surface area contributed by atoms with Crippen molar-refractivity contribution in [1.29, 1.82) is 0 Å². The molecule has 122 valence electrons. The Labute approximate surface area is 137 Å². The first-order valence-electron chi connectivity index (χ1n) is 8.52. The molecule has 5 heteroatoms. The zero-order valence-electron chi connectivity index (χ0n) is 13.8. The smallest absolute Gasteiger partial charge is 0.228 e. The van der Waals surface area contributed by atoms with Crippen molar-refractivity contribution in [2.75, 3.05) is 26.7 Å². The van der Waals surface area contributed by atoms with Crippen LogP contribution in [0, 0.1) is 12.8 Å². The van der Waals surface area contributed by atoms with Crippen LogP contribution in [0.25, 0.3) is 0 Å². The number of nitrogens with zero attached hydrogens (tertiary/aromatic N) is 3. The number of hydrogen-bond acceptors (Lipinski definition) is 4. The normalized spacial score (nSPS) is 24.6. The third-order valence-corrected chi connectivity index (χ3v) is 6.08. The van der Waals surface area contributed by atoms with E-state index in [1.807, 2.05) is 17.2 Å². The molecule has 0 N–H and O–H groups in total. The van der Waals surface area contributed by atoms with Crippen LogP contribution in [0.4, 0.5) is 0 Å². The van der Waals surface area contributed by atoms with Crippen molar-refractivity contribution >= 4 is 17.2 Å². The molecule has 0 radical (unpaired) electrons. The molecule has 1 unspecified atom stereocenters. The molecule has 1 aromatic heterocycles. The van der Waals surface area contributed by atoms with Gasteiger partial charge in [0.15, 0.2) is 0 Å². The molecule has 0 aromatic carbocycles. The van der Waals surface area contributed by atoms with Gasteiger partial charge in [-0.3, -0.25) is 4.79 Å². The van der Waals surface area contributed by atoms with Crippen LogP contribution < -0.4 is 0 Å². The third kappa shape index (κ3) is 3.69. The first-order valence-corrected chi connectivity index (χ1v) is 9.40. The molecule has 1 atom stereocenters. The summed E-state index contributed by atoms with van der Waals surface area (Å²) in [5.41, 5.74) is 0.932. The zero-order valence-corrected chi connectivity index (χ0v) is 14.6. The average Bonchev–Trinajstić information content (AvgIpc) is 2.93. The van der Waals surface area contributed by atoms with Crippen molar-refractivity contribution in [1.82, 2.24) is 14.8 Å². The first kappa shape index (κ1) is 15.9. The molecule has 2 fully saturated rings. The highest BCUT2D eigenvalue weighted by Crippen LogP contribution is 2.29. The van der Waals surface area contributed by atoms with Crippen molar-refractivity contribution in [3.05, 3.63) is 16.1 Å². The van der Waals surface area contributed by atoms with Gasteiger partial charge >= 0.3 is 0 Å². The fraction of sp³-hybridized carbons (Fsp3) is 0.765. The minimum absolute atomic E-state index is 0.251. The standard InChI is InChI=1S/C17H27N3OS/c1-13-18-15(12-22-13)11-17(21)20-9-6-14(7-10-20)16-5-3-4-8-19(16)2/h12,14,16H,3-11H2,1-2H3. The second kappa shape index (κ2) is 7.09. The van der Waals surface area contributed by atoms with Gasteiger partial charge in [-0.05, 0) is 52.1 Å². The first-order chi connectivity index (χ1) is 10.6. The van der Waals surface area contributed by atoms with Crippen molar-refractivity contribution in [2.24, 2.45) is 5.92 Å². The van der Waals surface area contributed by atoms with E-state index in [1.165, 1.54) is 25.8 Å².